The topological polar surface area (TPSA) is 70.1 Å². The van der Waals surface area contributed by atoms with Crippen molar-refractivity contribution in [3.63, 3.8) is 0 Å². The van der Waals surface area contributed by atoms with E-state index in [1.54, 1.807) is 18.8 Å². The van der Waals surface area contributed by atoms with Gasteiger partial charge in [-0.2, -0.15) is 5.10 Å². The first-order valence-corrected chi connectivity index (χ1v) is 9.92. The van der Waals surface area contributed by atoms with Gasteiger partial charge in [-0.1, -0.05) is 30.0 Å². The molecule has 0 aliphatic carbocycles. The summed E-state index contributed by atoms with van der Waals surface area (Å²) in [5.41, 5.74) is 3.49. The lowest BCUT2D eigenvalue weighted by Crippen LogP contribution is -2.18. The minimum atomic E-state index is -0.0854. The van der Waals surface area contributed by atoms with Crippen molar-refractivity contribution in [2.45, 2.75) is 16.2 Å². The number of dihydropyridines is 1. The van der Waals surface area contributed by atoms with E-state index in [1.807, 2.05) is 42.5 Å². The van der Waals surface area contributed by atoms with Crippen LogP contribution in [0.15, 0.2) is 75.5 Å². The van der Waals surface area contributed by atoms with Crippen LogP contribution in [0.5, 0.6) is 0 Å². The Hall–Kier alpha value is -3.12. The van der Waals surface area contributed by atoms with Gasteiger partial charge in [0.15, 0.2) is 0 Å². The van der Waals surface area contributed by atoms with Crippen molar-refractivity contribution < 1.29 is 4.79 Å². The van der Waals surface area contributed by atoms with E-state index in [4.69, 9.17) is 0 Å². The van der Waals surface area contributed by atoms with Crippen molar-refractivity contribution in [3.8, 4) is 0 Å². The molecule has 0 radical (unpaired) electrons. The van der Waals surface area contributed by atoms with Gasteiger partial charge in [-0.15, -0.1) is 0 Å². The van der Waals surface area contributed by atoms with E-state index < -0.39 is 0 Å². The van der Waals surface area contributed by atoms with E-state index in [-0.39, 0.29) is 5.91 Å². The van der Waals surface area contributed by atoms with Crippen LogP contribution in [0.25, 0.3) is 17.0 Å². The molecule has 0 unspecified atom stereocenters. The molecule has 0 atom stereocenters. The third-order valence-corrected chi connectivity index (χ3v) is 5.51. The molecule has 0 spiro atoms. The Balaban J connectivity index is 1.58. The molecule has 3 aromatic rings. The molecule has 1 amide bonds. The number of H-pyrrole nitrogens is 1. The van der Waals surface area contributed by atoms with Crippen LogP contribution in [0.4, 0.5) is 0 Å². The number of nitrogens with one attached hydrogen (secondary N) is 2. The molecule has 1 aliphatic rings. The van der Waals surface area contributed by atoms with Gasteiger partial charge in [-0.3, -0.25) is 14.9 Å². The molecule has 0 bridgehead atoms. The van der Waals surface area contributed by atoms with E-state index in [1.165, 1.54) is 0 Å². The highest BCUT2D eigenvalue weighted by atomic mass is 32.2. The summed E-state index contributed by atoms with van der Waals surface area (Å²) < 4.78 is 0. The van der Waals surface area contributed by atoms with Gasteiger partial charge in [0.1, 0.15) is 0 Å². The van der Waals surface area contributed by atoms with Crippen LogP contribution in [-0.2, 0) is 0 Å². The molecule has 2 aromatic carbocycles. The second-order valence-corrected chi connectivity index (χ2v) is 7.44. The number of carbonyl (C=O) groups is 1. The Labute approximate surface area is 167 Å². The Bertz CT molecular complexity index is 1110. The predicted molar refractivity (Wildman–Crippen MR) is 115 cm³/mol. The van der Waals surface area contributed by atoms with E-state index in [0.717, 1.165) is 45.1 Å². The number of hydrogen-bond acceptors (Lipinski definition) is 4. The van der Waals surface area contributed by atoms with E-state index in [0.29, 0.717) is 5.56 Å². The van der Waals surface area contributed by atoms with Gasteiger partial charge in [-0.25, -0.2) is 0 Å². The molecule has 2 heterocycles. The lowest BCUT2D eigenvalue weighted by Gasteiger charge is -2.08. The molecule has 0 saturated heterocycles. The minimum Gasteiger partial charge on any atom is -0.355 e. The number of aromatic amines is 1. The fourth-order valence-electron chi connectivity index (χ4n) is 3.01. The zero-order valence-electron chi connectivity index (χ0n) is 15.5. The van der Waals surface area contributed by atoms with Crippen molar-refractivity contribution in [1.82, 2.24) is 15.5 Å². The first-order valence-electron chi connectivity index (χ1n) is 9.11. The maximum atomic E-state index is 12.1. The smallest absolute Gasteiger partial charge is 0.252 e. The Morgan fingerprint density at radius 3 is 2.93 bits per heavy atom. The second kappa shape index (κ2) is 8.27. The number of aromatic nitrogens is 2. The maximum Gasteiger partial charge on any atom is 0.252 e. The van der Waals surface area contributed by atoms with Crippen LogP contribution in [0.3, 0.4) is 0 Å². The monoisotopic (exact) mass is 388 g/mol. The van der Waals surface area contributed by atoms with Crippen molar-refractivity contribution in [1.29, 1.82) is 0 Å². The zero-order chi connectivity index (χ0) is 19.3. The lowest BCUT2D eigenvalue weighted by molar-refractivity contribution is 0.0960. The standard InChI is InChI=1S/C22H20N4OS/c1-23-22(27)18-7-2-3-8-21(18)28-16-10-11-17-19(25-26-20(17)14-16)12-9-15-6-4-5-13-24-15/h2-4,6-12,14H,5,13H2,1H3,(H,23,27)(H,25,26)/b12-9+. The summed E-state index contributed by atoms with van der Waals surface area (Å²) in [6.45, 7) is 0.843. The summed E-state index contributed by atoms with van der Waals surface area (Å²) in [7, 11) is 1.64. The third kappa shape index (κ3) is 3.92. The fraction of sp³-hybridized carbons (Fsp3) is 0.136. The van der Waals surface area contributed by atoms with E-state index >= 15 is 0 Å². The largest absolute Gasteiger partial charge is 0.355 e. The third-order valence-electron chi connectivity index (χ3n) is 4.44. The Morgan fingerprint density at radius 2 is 2.11 bits per heavy atom. The molecule has 2 N–H and O–H groups in total. The van der Waals surface area contributed by atoms with E-state index in [2.05, 4.69) is 44.8 Å². The van der Waals surface area contributed by atoms with Crippen molar-refractivity contribution in [3.05, 3.63) is 72.0 Å². The highest BCUT2D eigenvalue weighted by molar-refractivity contribution is 7.99. The molecule has 0 saturated carbocycles. The van der Waals surface area contributed by atoms with Crippen molar-refractivity contribution >= 4 is 40.4 Å². The summed E-state index contributed by atoms with van der Waals surface area (Å²) in [5.74, 6) is -0.0854. The second-order valence-electron chi connectivity index (χ2n) is 6.32. The summed E-state index contributed by atoms with van der Waals surface area (Å²) in [6, 6.07) is 13.8. The molecule has 6 heteroatoms. The quantitative estimate of drug-likeness (QED) is 0.677. The van der Waals surface area contributed by atoms with Crippen LogP contribution in [0, 0.1) is 0 Å². The number of aliphatic imine (C=N–C) groups is 1. The number of rotatable bonds is 5. The number of hydrogen-bond donors (Lipinski definition) is 2. The number of amides is 1. The number of allylic oxidation sites excluding steroid dienone is 2. The predicted octanol–water partition coefficient (Wildman–Crippen LogP) is 4.49. The summed E-state index contributed by atoms with van der Waals surface area (Å²) in [6.07, 6.45) is 9.16. The van der Waals surface area contributed by atoms with Gasteiger partial charge >= 0.3 is 0 Å². The molecule has 1 aromatic heterocycles. The van der Waals surface area contributed by atoms with Crippen LogP contribution < -0.4 is 5.32 Å². The van der Waals surface area contributed by atoms with Crippen molar-refractivity contribution in [2.75, 3.05) is 13.6 Å². The van der Waals surface area contributed by atoms with Gasteiger partial charge < -0.3 is 5.32 Å². The lowest BCUT2D eigenvalue weighted by atomic mass is 10.1. The first kappa shape index (κ1) is 18.3. The van der Waals surface area contributed by atoms with Gasteiger partial charge in [0.25, 0.3) is 5.91 Å². The van der Waals surface area contributed by atoms with Gasteiger partial charge in [-0.05, 0) is 55.0 Å². The Morgan fingerprint density at radius 1 is 1.21 bits per heavy atom. The zero-order valence-corrected chi connectivity index (χ0v) is 16.3. The first-order chi connectivity index (χ1) is 13.7. The highest BCUT2D eigenvalue weighted by Crippen LogP contribution is 2.32. The number of benzene rings is 2. The maximum absolute atomic E-state index is 12.1. The SMILES string of the molecule is CNC(=O)c1ccccc1Sc1ccc2c(/C=C/C3=NCCC=C3)n[nH]c2c1. The summed E-state index contributed by atoms with van der Waals surface area (Å²) in [4.78, 5) is 18.5. The van der Waals surface area contributed by atoms with Crippen LogP contribution >= 0.6 is 11.8 Å². The normalized spacial score (nSPS) is 13.8. The molecular formula is C22H20N4OS. The minimum absolute atomic E-state index is 0.0854. The molecule has 140 valence electrons. The van der Waals surface area contributed by atoms with Crippen LogP contribution in [0.1, 0.15) is 22.5 Å². The molecule has 28 heavy (non-hydrogen) atoms. The van der Waals surface area contributed by atoms with Crippen LogP contribution in [0.2, 0.25) is 0 Å². The number of carbonyl (C=O) groups excluding carboxylic acids is 1. The molecule has 5 nitrogen and oxygen atoms in total. The number of nitrogens with zero attached hydrogens (tertiary/aromatic N) is 2. The number of fused-ring (bicyclic) bond motifs is 1. The fourth-order valence-corrected chi connectivity index (χ4v) is 4.00. The van der Waals surface area contributed by atoms with E-state index in [9.17, 15) is 4.79 Å². The summed E-state index contributed by atoms with van der Waals surface area (Å²) in [5, 5.41) is 11.3. The summed E-state index contributed by atoms with van der Waals surface area (Å²) >= 11 is 1.56. The molecular weight excluding hydrogens is 368 g/mol. The van der Waals surface area contributed by atoms with Gasteiger partial charge in [0.2, 0.25) is 0 Å². The molecule has 0 fully saturated rings. The van der Waals surface area contributed by atoms with Gasteiger partial charge in [0.05, 0.1) is 22.5 Å². The average Bonchev–Trinajstić information content (AvgIpc) is 3.15. The van der Waals surface area contributed by atoms with Crippen molar-refractivity contribution in [2.24, 2.45) is 4.99 Å². The van der Waals surface area contributed by atoms with Crippen LogP contribution in [-0.4, -0.2) is 35.4 Å². The van der Waals surface area contributed by atoms with Gasteiger partial charge in [0, 0.05) is 28.8 Å². The average molecular weight is 388 g/mol. The Kier molecular flexibility index (Phi) is 5.39. The molecule has 4 rings (SSSR count). The highest BCUT2D eigenvalue weighted by Gasteiger charge is 2.11. The molecule has 1 aliphatic heterocycles.